The van der Waals surface area contributed by atoms with Crippen molar-refractivity contribution in [2.75, 3.05) is 16.4 Å². The molecule has 0 saturated carbocycles. The van der Waals surface area contributed by atoms with E-state index in [9.17, 15) is 8.78 Å². The lowest BCUT2D eigenvalue weighted by Crippen LogP contribution is -2.02. The van der Waals surface area contributed by atoms with Crippen LogP contribution in [0.2, 0.25) is 0 Å². The van der Waals surface area contributed by atoms with E-state index in [0.717, 1.165) is 11.1 Å². The second-order valence-corrected chi connectivity index (χ2v) is 7.05. The van der Waals surface area contributed by atoms with Crippen LogP contribution < -0.4 is 16.4 Å². The number of nitrogens with zero attached hydrogens (tertiary/aromatic N) is 3. The molecule has 7 nitrogen and oxygen atoms in total. The van der Waals surface area contributed by atoms with Crippen molar-refractivity contribution in [1.29, 1.82) is 0 Å². The molecule has 9 heteroatoms. The van der Waals surface area contributed by atoms with E-state index in [1.807, 2.05) is 6.07 Å². The summed E-state index contributed by atoms with van der Waals surface area (Å²) in [4.78, 5) is 15.6. The first-order valence-corrected chi connectivity index (χ1v) is 9.71. The number of nitrogens with two attached hydrogens (primary N) is 1. The minimum absolute atomic E-state index is 0.0429. The Labute approximate surface area is 181 Å². The van der Waals surface area contributed by atoms with Crippen LogP contribution in [-0.2, 0) is 0 Å². The van der Waals surface area contributed by atoms with E-state index in [2.05, 4.69) is 30.6 Å². The van der Waals surface area contributed by atoms with Crippen molar-refractivity contribution in [2.24, 2.45) is 0 Å². The van der Waals surface area contributed by atoms with Crippen molar-refractivity contribution < 1.29 is 8.78 Å². The van der Waals surface area contributed by atoms with Gasteiger partial charge in [-0.3, -0.25) is 0 Å². The molecule has 5 aromatic rings. The smallest absolute Gasteiger partial charge is 0.222 e. The normalized spacial score (nSPS) is 10.9. The minimum atomic E-state index is -0.448. The van der Waals surface area contributed by atoms with E-state index >= 15 is 0 Å². The molecule has 2 aromatic carbocycles. The average molecular weight is 429 g/mol. The zero-order valence-corrected chi connectivity index (χ0v) is 16.6. The van der Waals surface area contributed by atoms with Crippen LogP contribution in [0.1, 0.15) is 0 Å². The summed E-state index contributed by atoms with van der Waals surface area (Å²) in [6.07, 6.45) is 3.42. The highest BCUT2D eigenvalue weighted by atomic mass is 19.1. The fourth-order valence-electron chi connectivity index (χ4n) is 3.36. The number of anilines is 5. The van der Waals surface area contributed by atoms with Crippen LogP contribution in [0.25, 0.3) is 22.3 Å². The number of hydrogen-bond donors (Lipinski definition) is 4. The number of pyridine rings is 1. The summed E-state index contributed by atoms with van der Waals surface area (Å²) in [5, 5.41) is 6.99. The third-order valence-electron chi connectivity index (χ3n) is 4.85. The van der Waals surface area contributed by atoms with Gasteiger partial charge in [0.15, 0.2) is 0 Å². The molecule has 0 aliphatic heterocycles. The van der Waals surface area contributed by atoms with Crippen molar-refractivity contribution in [3.63, 3.8) is 0 Å². The van der Waals surface area contributed by atoms with Crippen molar-refractivity contribution in [1.82, 2.24) is 19.9 Å². The number of aromatic amines is 1. The maximum atomic E-state index is 14.8. The maximum absolute atomic E-state index is 14.8. The Bertz CT molecular complexity index is 1410. The Morgan fingerprint density at radius 3 is 2.50 bits per heavy atom. The summed E-state index contributed by atoms with van der Waals surface area (Å²) >= 11 is 0. The summed E-state index contributed by atoms with van der Waals surface area (Å²) < 4.78 is 28.0. The van der Waals surface area contributed by atoms with E-state index in [0.29, 0.717) is 34.1 Å². The van der Waals surface area contributed by atoms with Crippen molar-refractivity contribution in [3.05, 3.63) is 84.7 Å². The molecule has 0 radical (unpaired) electrons. The molecule has 0 aliphatic carbocycles. The average Bonchev–Trinajstić information content (AvgIpc) is 3.26. The highest BCUT2D eigenvalue weighted by Gasteiger charge is 2.10. The predicted octanol–water partition coefficient (Wildman–Crippen LogP) is 5.37. The number of H-pyrrole nitrogens is 1. The van der Waals surface area contributed by atoms with Gasteiger partial charge in [0.25, 0.3) is 0 Å². The molecule has 5 rings (SSSR count). The lowest BCUT2D eigenvalue weighted by atomic mass is 10.1. The van der Waals surface area contributed by atoms with Gasteiger partial charge in [-0.05, 0) is 54.6 Å². The highest BCUT2D eigenvalue weighted by Crippen LogP contribution is 2.29. The van der Waals surface area contributed by atoms with Crippen LogP contribution in [0.3, 0.4) is 0 Å². The fraction of sp³-hybridized carbons (Fsp3) is 0. The molecule has 0 amide bonds. The van der Waals surface area contributed by atoms with Crippen LogP contribution in [0.4, 0.5) is 37.6 Å². The van der Waals surface area contributed by atoms with Crippen LogP contribution in [0.15, 0.2) is 73.1 Å². The molecule has 5 N–H and O–H groups in total. The third kappa shape index (κ3) is 3.91. The lowest BCUT2D eigenvalue weighted by molar-refractivity contribution is 0.628. The molecule has 0 saturated heterocycles. The number of hydrogen-bond acceptors (Lipinski definition) is 6. The van der Waals surface area contributed by atoms with Gasteiger partial charge >= 0.3 is 0 Å². The topological polar surface area (TPSA) is 105 Å². The second kappa shape index (κ2) is 7.95. The summed E-state index contributed by atoms with van der Waals surface area (Å²) in [6, 6.07) is 15.9. The molecule has 158 valence electrons. The maximum Gasteiger partial charge on any atom is 0.222 e. The SMILES string of the molecule is Nc1nc(Nc2ccc(Nc3ccnc4[nH]ccc34)c(F)c2)cc(-c2ccc(F)cc2)n1. The first-order chi connectivity index (χ1) is 15.5. The molecule has 0 bridgehead atoms. The Hall–Kier alpha value is -4.53. The van der Waals surface area contributed by atoms with Crippen molar-refractivity contribution >= 4 is 39.9 Å². The van der Waals surface area contributed by atoms with Gasteiger partial charge < -0.3 is 21.4 Å². The molecular formula is C23H17F2N7. The monoisotopic (exact) mass is 429 g/mol. The van der Waals surface area contributed by atoms with Gasteiger partial charge in [0.1, 0.15) is 23.1 Å². The van der Waals surface area contributed by atoms with Gasteiger partial charge in [-0.1, -0.05) is 0 Å². The van der Waals surface area contributed by atoms with Gasteiger partial charge in [0.05, 0.1) is 17.1 Å². The Balaban J connectivity index is 1.39. The molecule has 0 spiro atoms. The molecule has 32 heavy (non-hydrogen) atoms. The highest BCUT2D eigenvalue weighted by molar-refractivity contribution is 5.91. The van der Waals surface area contributed by atoms with Crippen LogP contribution in [-0.4, -0.2) is 19.9 Å². The van der Waals surface area contributed by atoms with Crippen LogP contribution >= 0.6 is 0 Å². The Morgan fingerprint density at radius 2 is 1.69 bits per heavy atom. The third-order valence-corrected chi connectivity index (χ3v) is 4.85. The van der Waals surface area contributed by atoms with E-state index in [4.69, 9.17) is 5.73 Å². The van der Waals surface area contributed by atoms with Gasteiger partial charge in [-0.15, -0.1) is 0 Å². The number of nitrogens with one attached hydrogen (secondary N) is 3. The Morgan fingerprint density at radius 1 is 0.844 bits per heavy atom. The second-order valence-electron chi connectivity index (χ2n) is 7.05. The summed E-state index contributed by atoms with van der Waals surface area (Å²) in [5.41, 5.74) is 9.29. The minimum Gasteiger partial charge on any atom is -0.368 e. The van der Waals surface area contributed by atoms with Gasteiger partial charge in [-0.25, -0.2) is 18.7 Å². The van der Waals surface area contributed by atoms with Crippen LogP contribution in [0, 0.1) is 11.6 Å². The Kier molecular flexibility index (Phi) is 4.83. The summed E-state index contributed by atoms with van der Waals surface area (Å²) in [7, 11) is 0. The standard InChI is InChI=1S/C23H17F2N7/c24-14-3-1-13(2-4-14)20-12-21(32-23(26)31-20)29-15-5-6-19(17(25)11-15)30-18-8-10-28-22-16(18)7-9-27-22/h1-12H,(H2,27,28,30)(H3,26,29,31,32). The lowest BCUT2D eigenvalue weighted by Gasteiger charge is -2.12. The molecule has 0 atom stereocenters. The number of halogens is 2. The molecule has 0 aliphatic rings. The zero-order chi connectivity index (χ0) is 22.1. The summed E-state index contributed by atoms with van der Waals surface area (Å²) in [5.74, 6) is -0.361. The number of benzene rings is 2. The molecular weight excluding hydrogens is 412 g/mol. The van der Waals surface area contributed by atoms with E-state index < -0.39 is 5.82 Å². The first-order valence-electron chi connectivity index (χ1n) is 9.71. The van der Waals surface area contributed by atoms with E-state index in [1.165, 1.54) is 18.2 Å². The van der Waals surface area contributed by atoms with E-state index in [-0.39, 0.29) is 11.8 Å². The molecule has 0 fully saturated rings. The van der Waals surface area contributed by atoms with Crippen molar-refractivity contribution in [3.8, 4) is 11.3 Å². The summed E-state index contributed by atoms with van der Waals surface area (Å²) in [6.45, 7) is 0. The number of aromatic nitrogens is 4. The van der Waals surface area contributed by atoms with E-state index in [1.54, 1.807) is 48.8 Å². The zero-order valence-electron chi connectivity index (χ0n) is 16.6. The van der Waals surface area contributed by atoms with Gasteiger partial charge in [0.2, 0.25) is 5.95 Å². The quantitative estimate of drug-likeness (QED) is 0.300. The number of rotatable bonds is 5. The predicted molar refractivity (Wildman–Crippen MR) is 121 cm³/mol. The molecule has 3 aromatic heterocycles. The van der Waals surface area contributed by atoms with Crippen LogP contribution in [0.5, 0.6) is 0 Å². The largest absolute Gasteiger partial charge is 0.368 e. The number of nitrogen functional groups attached to an aromatic ring is 1. The molecule has 0 unspecified atom stereocenters. The number of fused-ring (bicyclic) bond motifs is 1. The fourth-order valence-corrected chi connectivity index (χ4v) is 3.36. The van der Waals surface area contributed by atoms with Crippen molar-refractivity contribution in [2.45, 2.75) is 0 Å². The van der Waals surface area contributed by atoms with Gasteiger partial charge in [-0.2, -0.15) is 4.98 Å². The first kappa shape index (κ1) is 19.4. The molecule has 3 heterocycles. The van der Waals surface area contributed by atoms with Gasteiger partial charge in [0, 0.05) is 35.1 Å².